The molecule has 0 bridgehead atoms. The zero-order valence-electron chi connectivity index (χ0n) is 10.8. The maximum atomic E-state index is 13.8. The molecule has 1 fully saturated rings. The average molecular weight is 367 g/mol. The van der Waals surface area contributed by atoms with Gasteiger partial charge in [-0.2, -0.15) is 0 Å². The molecule has 0 N–H and O–H groups in total. The number of rotatable bonds is 4. The van der Waals surface area contributed by atoms with Crippen molar-refractivity contribution < 1.29 is 13.6 Å². The van der Waals surface area contributed by atoms with E-state index in [1.807, 2.05) is 0 Å². The Morgan fingerprint density at radius 2 is 2.15 bits per heavy atom. The number of nitrogens with zero attached hydrogens (tertiary/aromatic N) is 1. The molecule has 0 aliphatic carbocycles. The number of benzene rings is 1. The van der Waals surface area contributed by atoms with E-state index >= 15 is 0 Å². The summed E-state index contributed by atoms with van der Waals surface area (Å²) in [6.07, 6.45) is 3.63. The lowest BCUT2D eigenvalue weighted by Gasteiger charge is -2.25. The molecule has 0 radical (unpaired) electrons. The number of halogens is 4. The first-order valence-electron chi connectivity index (χ1n) is 6.56. The van der Waals surface area contributed by atoms with E-state index in [1.54, 1.807) is 4.90 Å². The fourth-order valence-corrected chi connectivity index (χ4v) is 3.03. The molecule has 1 amide bonds. The molecule has 6 heteroatoms. The van der Waals surface area contributed by atoms with Crippen LogP contribution in [-0.2, 0) is 0 Å². The predicted molar refractivity (Wildman–Crippen MR) is 78.5 cm³/mol. The minimum Gasteiger partial charge on any atom is -0.336 e. The Hall–Kier alpha value is -0.680. The van der Waals surface area contributed by atoms with Crippen LogP contribution in [0, 0.1) is 11.6 Å². The van der Waals surface area contributed by atoms with Crippen LogP contribution in [0.15, 0.2) is 12.1 Å². The lowest BCUT2D eigenvalue weighted by molar-refractivity contribution is 0.0725. The third-order valence-electron chi connectivity index (χ3n) is 3.55. The van der Waals surface area contributed by atoms with Gasteiger partial charge in [0.1, 0.15) is 11.6 Å². The first-order valence-corrected chi connectivity index (χ1v) is 8.06. The molecule has 2 rings (SSSR count). The summed E-state index contributed by atoms with van der Waals surface area (Å²) in [4.78, 5) is 14.0. The van der Waals surface area contributed by atoms with Crippen LogP contribution < -0.4 is 0 Å². The Labute approximate surface area is 130 Å². The zero-order chi connectivity index (χ0) is 14.7. The molecule has 1 aromatic carbocycles. The number of likely N-dealkylation sites (tertiary alicyclic amines) is 1. The topological polar surface area (TPSA) is 20.3 Å². The summed E-state index contributed by atoms with van der Waals surface area (Å²) in [7, 11) is 0. The van der Waals surface area contributed by atoms with E-state index in [0.29, 0.717) is 6.54 Å². The van der Waals surface area contributed by atoms with Gasteiger partial charge in [-0.3, -0.25) is 4.79 Å². The Bertz CT molecular complexity index is 512. The Morgan fingerprint density at radius 1 is 1.40 bits per heavy atom. The number of carbonyl (C=O) groups is 1. The van der Waals surface area contributed by atoms with E-state index in [-0.39, 0.29) is 16.6 Å². The van der Waals surface area contributed by atoms with Crippen molar-refractivity contribution in [2.45, 2.75) is 31.7 Å². The van der Waals surface area contributed by atoms with E-state index in [0.717, 1.165) is 43.1 Å². The van der Waals surface area contributed by atoms with Crippen molar-refractivity contribution in [1.82, 2.24) is 4.90 Å². The molecule has 1 saturated heterocycles. The summed E-state index contributed by atoms with van der Waals surface area (Å²) in [5.41, 5.74) is -0.238. The van der Waals surface area contributed by atoms with Gasteiger partial charge >= 0.3 is 0 Å². The molecule has 1 aliphatic rings. The van der Waals surface area contributed by atoms with Crippen molar-refractivity contribution in [2.24, 2.45) is 0 Å². The van der Waals surface area contributed by atoms with Gasteiger partial charge in [-0.25, -0.2) is 8.78 Å². The van der Waals surface area contributed by atoms with Gasteiger partial charge in [-0.05, 0) is 37.8 Å². The molecule has 1 atom stereocenters. The lowest BCUT2D eigenvalue weighted by Crippen LogP contribution is -2.36. The van der Waals surface area contributed by atoms with Crippen molar-refractivity contribution >= 4 is 33.4 Å². The quantitative estimate of drug-likeness (QED) is 0.571. The van der Waals surface area contributed by atoms with E-state index in [4.69, 9.17) is 11.6 Å². The Morgan fingerprint density at radius 3 is 2.85 bits per heavy atom. The number of alkyl halides is 1. The molecule has 0 aromatic heterocycles. The van der Waals surface area contributed by atoms with E-state index < -0.39 is 17.5 Å². The van der Waals surface area contributed by atoms with Crippen molar-refractivity contribution in [3.8, 4) is 0 Å². The van der Waals surface area contributed by atoms with Gasteiger partial charge in [0, 0.05) is 17.9 Å². The summed E-state index contributed by atoms with van der Waals surface area (Å²) in [5, 5.41) is 0.562. The summed E-state index contributed by atoms with van der Waals surface area (Å²) >= 11 is 8.86. The standard InChI is InChI=1S/C14H15BrClF2NO/c15-5-1-3-9-4-2-6-19(9)14(20)10-7-13(18)11(16)8-12(10)17/h7-9H,1-6H2. The van der Waals surface area contributed by atoms with Crippen LogP contribution >= 0.6 is 27.5 Å². The fourth-order valence-electron chi connectivity index (χ4n) is 2.56. The van der Waals surface area contributed by atoms with Crippen molar-refractivity contribution in [1.29, 1.82) is 0 Å². The molecule has 0 spiro atoms. The highest BCUT2D eigenvalue weighted by molar-refractivity contribution is 9.09. The van der Waals surface area contributed by atoms with Gasteiger partial charge in [-0.15, -0.1) is 0 Å². The molecule has 20 heavy (non-hydrogen) atoms. The van der Waals surface area contributed by atoms with Gasteiger partial charge in [0.2, 0.25) is 0 Å². The van der Waals surface area contributed by atoms with Crippen LogP contribution in [-0.4, -0.2) is 28.7 Å². The molecule has 1 heterocycles. The summed E-state index contributed by atoms with van der Waals surface area (Å²) in [6, 6.07) is 1.85. The SMILES string of the molecule is O=C(c1cc(F)c(Cl)cc1F)N1CCCC1CCCBr. The normalized spacial score (nSPS) is 18.6. The minimum absolute atomic E-state index is 0.109. The molecule has 110 valence electrons. The molecule has 1 aromatic rings. The summed E-state index contributed by atoms with van der Waals surface area (Å²) in [5.74, 6) is -1.99. The fraction of sp³-hybridized carbons (Fsp3) is 0.500. The minimum atomic E-state index is -0.771. The van der Waals surface area contributed by atoms with Crippen LogP contribution in [0.4, 0.5) is 8.78 Å². The van der Waals surface area contributed by atoms with Crippen molar-refractivity contribution in [3.63, 3.8) is 0 Å². The summed E-state index contributed by atoms with van der Waals surface area (Å²) < 4.78 is 27.2. The predicted octanol–water partition coefficient (Wildman–Crippen LogP) is 4.40. The van der Waals surface area contributed by atoms with Gasteiger partial charge in [0.25, 0.3) is 5.91 Å². The molecule has 2 nitrogen and oxygen atoms in total. The van der Waals surface area contributed by atoms with E-state index in [9.17, 15) is 13.6 Å². The molecule has 1 unspecified atom stereocenters. The van der Waals surface area contributed by atoms with Gasteiger partial charge in [0.15, 0.2) is 0 Å². The highest BCUT2D eigenvalue weighted by atomic mass is 79.9. The maximum Gasteiger partial charge on any atom is 0.257 e. The maximum absolute atomic E-state index is 13.8. The Kier molecular flexibility index (Phi) is 5.38. The largest absolute Gasteiger partial charge is 0.336 e. The third-order valence-corrected chi connectivity index (χ3v) is 4.40. The number of carbonyl (C=O) groups excluding carboxylic acids is 1. The highest BCUT2D eigenvalue weighted by Crippen LogP contribution is 2.26. The first kappa shape index (κ1) is 15.7. The van der Waals surface area contributed by atoms with Crippen LogP contribution in [0.5, 0.6) is 0 Å². The van der Waals surface area contributed by atoms with Crippen LogP contribution in [0.1, 0.15) is 36.0 Å². The second kappa shape index (κ2) is 6.85. The van der Waals surface area contributed by atoms with Crippen LogP contribution in [0.25, 0.3) is 0 Å². The monoisotopic (exact) mass is 365 g/mol. The highest BCUT2D eigenvalue weighted by Gasteiger charge is 2.30. The van der Waals surface area contributed by atoms with Crippen molar-refractivity contribution in [2.75, 3.05) is 11.9 Å². The number of hydrogen-bond donors (Lipinski definition) is 0. The third kappa shape index (κ3) is 3.31. The Balaban J connectivity index is 2.20. The lowest BCUT2D eigenvalue weighted by atomic mass is 10.1. The molecular weight excluding hydrogens is 352 g/mol. The van der Waals surface area contributed by atoms with Gasteiger partial charge in [-0.1, -0.05) is 27.5 Å². The van der Waals surface area contributed by atoms with E-state index in [1.165, 1.54) is 0 Å². The summed E-state index contributed by atoms with van der Waals surface area (Å²) in [6.45, 7) is 0.593. The molecule has 0 saturated carbocycles. The molecule has 1 aliphatic heterocycles. The molecular formula is C14H15BrClF2NO. The van der Waals surface area contributed by atoms with E-state index in [2.05, 4.69) is 15.9 Å². The second-order valence-corrected chi connectivity index (χ2v) is 6.07. The first-order chi connectivity index (χ1) is 9.54. The number of amides is 1. The van der Waals surface area contributed by atoms with Crippen LogP contribution in [0.3, 0.4) is 0 Å². The van der Waals surface area contributed by atoms with Crippen LogP contribution in [0.2, 0.25) is 5.02 Å². The average Bonchev–Trinajstić information content (AvgIpc) is 2.88. The van der Waals surface area contributed by atoms with Gasteiger partial charge < -0.3 is 4.90 Å². The smallest absolute Gasteiger partial charge is 0.257 e. The second-order valence-electron chi connectivity index (χ2n) is 4.87. The zero-order valence-corrected chi connectivity index (χ0v) is 13.2. The van der Waals surface area contributed by atoms with Crippen molar-refractivity contribution in [3.05, 3.63) is 34.4 Å². The van der Waals surface area contributed by atoms with Gasteiger partial charge in [0.05, 0.1) is 10.6 Å². The number of hydrogen-bond acceptors (Lipinski definition) is 1.